The topological polar surface area (TPSA) is 34.2 Å². The van der Waals surface area contributed by atoms with Crippen molar-refractivity contribution in [1.82, 2.24) is 9.80 Å². The first-order valence-corrected chi connectivity index (χ1v) is 15.1. The van der Waals surface area contributed by atoms with Gasteiger partial charge in [-0.3, -0.25) is 9.80 Å². The first-order valence-electron chi connectivity index (χ1n) is 11.7. The van der Waals surface area contributed by atoms with Crippen LogP contribution in [0.2, 0.25) is 19.6 Å². The molecule has 1 aliphatic rings. The normalized spacial score (nSPS) is 18.9. The van der Waals surface area contributed by atoms with E-state index in [4.69, 9.17) is 13.9 Å². The lowest BCUT2D eigenvalue weighted by Gasteiger charge is -2.40. The van der Waals surface area contributed by atoms with E-state index in [2.05, 4.69) is 84.0 Å². The molecule has 1 saturated heterocycles. The summed E-state index contributed by atoms with van der Waals surface area (Å²) in [7, 11) is 1.87. The third-order valence-electron chi connectivity index (χ3n) is 6.01. The Morgan fingerprint density at radius 3 is 1.69 bits per heavy atom. The average molecular weight is 457 g/mol. The van der Waals surface area contributed by atoms with Crippen LogP contribution in [0.5, 0.6) is 0 Å². The number of nitrogens with zero attached hydrogens (tertiary/aromatic N) is 2. The molecule has 0 saturated carbocycles. The smallest absolute Gasteiger partial charge is 0.184 e. The predicted molar refractivity (Wildman–Crippen MR) is 133 cm³/mol. The van der Waals surface area contributed by atoms with Gasteiger partial charge in [0.1, 0.15) is 6.10 Å². The third-order valence-corrected chi connectivity index (χ3v) is 7.02. The van der Waals surface area contributed by atoms with Crippen LogP contribution in [0.1, 0.15) is 23.3 Å². The first kappa shape index (κ1) is 25.1. The van der Waals surface area contributed by atoms with Gasteiger partial charge >= 0.3 is 0 Å². The van der Waals surface area contributed by atoms with Gasteiger partial charge in [0.15, 0.2) is 8.32 Å². The van der Waals surface area contributed by atoms with Crippen LogP contribution in [-0.2, 0) is 13.9 Å². The van der Waals surface area contributed by atoms with Gasteiger partial charge in [0.05, 0.1) is 12.2 Å². The molecule has 176 valence electrons. The quantitative estimate of drug-likeness (QED) is 0.462. The number of methoxy groups -OCH3 is 2. The van der Waals surface area contributed by atoms with Crippen molar-refractivity contribution in [2.45, 2.75) is 38.0 Å². The van der Waals surface area contributed by atoms with Gasteiger partial charge in [0.2, 0.25) is 0 Å². The highest BCUT2D eigenvalue weighted by molar-refractivity contribution is 6.69. The van der Waals surface area contributed by atoms with Crippen LogP contribution in [0.25, 0.3) is 0 Å². The van der Waals surface area contributed by atoms with Crippen LogP contribution in [-0.4, -0.2) is 77.7 Å². The van der Waals surface area contributed by atoms with Crippen LogP contribution in [0.4, 0.5) is 0 Å². The number of hydrogen-bond donors (Lipinski definition) is 0. The monoisotopic (exact) mass is 456 g/mol. The zero-order valence-corrected chi connectivity index (χ0v) is 21.4. The summed E-state index contributed by atoms with van der Waals surface area (Å²) < 4.78 is 18.4. The summed E-state index contributed by atoms with van der Waals surface area (Å²) in [5, 5.41) is 0. The van der Waals surface area contributed by atoms with Crippen molar-refractivity contribution in [2.24, 2.45) is 0 Å². The van der Waals surface area contributed by atoms with Crippen molar-refractivity contribution in [2.75, 3.05) is 53.5 Å². The molecule has 3 unspecified atom stereocenters. The summed E-state index contributed by atoms with van der Waals surface area (Å²) in [4.78, 5) is 5.04. The summed E-state index contributed by atoms with van der Waals surface area (Å²) in [5.74, 6) is 0. The van der Waals surface area contributed by atoms with Crippen molar-refractivity contribution in [3.05, 3.63) is 71.8 Å². The largest absolute Gasteiger partial charge is 0.410 e. The van der Waals surface area contributed by atoms with E-state index in [1.54, 1.807) is 14.2 Å². The molecule has 0 bridgehead atoms. The lowest BCUT2D eigenvalue weighted by Crippen LogP contribution is -2.51. The van der Waals surface area contributed by atoms with Crippen molar-refractivity contribution < 1.29 is 13.9 Å². The highest BCUT2D eigenvalue weighted by Crippen LogP contribution is 2.27. The molecule has 0 radical (unpaired) electrons. The zero-order valence-electron chi connectivity index (χ0n) is 20.4. The van der Waals surface area contributed by atoms with E-state index in [-0.39, 0.29) is 18.3 Å². The summed E-state index contributed by atoms with van der Waals surface area (Å²) in [6.07, 6.45) is 0.0789. The van der Waals surface area contributed by atoms with E-state index in [9.17, 15) is 0 Å². The molecule has 3 rings (SSSR count). The molecule has 1 aliphatic heterocycles. The standard InChI is InChI=1S/C26H40N2O3Si/c1-29-24(22-12-8-6-9-13-22)20-27-16-18-28(19-17-27)21-25(31-32(3,4)5)26(30-2)23-14-10-7-11-15-23/h6-15,24-26H,16-21H2,1-5H3. The second kappa shape index (κ2) is 12.1. The van der Waals surface area contributed by atoms with Crippen LogP contribution < -0.4 is 0 Å². The fourth-order valence-electron chi connectivity index (χ4n) is 4.42. The zero-order chi connectivity index (χ0) is 23.0. The minimum absolute atomic E-state index is 0.0247. The van der Waals surface area contributed by atoms with Gasteiger partial charge < -0.3 is 13.9 Å². The van der Waals surface area contributed by atoms with E-state index in [1.807, 2.05) is 6.07 Å². The van der Waals surface area contributed by atoms with E-state index in [0.29, 0.717) is 0 Å². The Labute approximate surface area is 195 Å². The summed E-state index contributed by atoms with van der Waals surface area (Å²) in [5.41, 5.74) is 2.43. The molecule has 0 N–H and O–H groups in total. The van der Waals surface area contributed by atoms with Crippen LogP contribution in [0, 0.1) is 0 Å². The summed E-state index contributed by atoms with van der Waals surface area (Å²) in [6, 6.07) is 21.0. The minimum Gasteiger partial charge on any atom is -0.410 e. The Kier molecular flexibility index (Phi) is 9.46. The summed E-state index contributed by atoms with van der Waals surface area (Å²) in [6.45, 7) is 12.7. The van der Waals surface area contributed by atoms with Crippen LogP contribution >= 0.6 is 0 Å². The maximum absolute atomic E-state index is 6.65. The third kappa shape index (κ3) is 7.51. The average Bonchev–Trinajstić information content (AvgIpc) is 2.79. The van der Waals surface area contributed by atoms with Crippen molar-refractivity contribution in [3.8, 4) is 0 Å². The molecule has 0 amide bonds. The lowest BCUT2D eigenvalue weighted by atomic mass is 10.0. The number of piperazine rings is 1. The van der Waals surface area contributed by atoms with E-state index >= 15 is 0 Å². The van der Waals surface area contributed by atoms with Gasteiger partial charge in [-0.25, -0.2) is 0 Å². The molecule has 0 spiro atoms. The second-order valence-electron chi connectivity index (χ2n) is 9.57. The van der Waals surface area contributed by atoms with Gasteiger partial charge in [-0.1, -0.05) is 60.7 Å². The van der Waals surface area contributed by atoms with Gasteiger partial charge in [0.25, 0.3) is 0 Å². The van der Waals surface area contributed by atoms with Gasteiger partial charge in [-0.05, 0) is 30.8 Å². The Bertz CT molecular complexity index is 777. The Hall–Kier alpha value is -1.54. The van der Waals surface area contributed by atoms with Crippen LogP contribution in [0.3, 0.4) is 0 Å². The molecule has 2 aromatic carbocycles. The fourth-order valence-corrected chi connectivity index (χ4v) is 5.53. The second-order valence-corrected chi connectivity index (χ2v) is 14.0. The molecule has 32 heavy (non-hydrogen) atoms. The Morgan fingerprint density at radius 2 is 1.22 bits per heavy atom. The predicted octanol–water partition coefficient (Wildman–Crippen LogP) is 4.60. The Balaban J connectivity index is 1.60. The highest BCUT2D eigenvalue weighted by atomic mass is 28.4. The van der Waals surface area contributed by atoms with E-state index in [0.717, 1.165) is 39.3 Å². The van der Waals surface area contributed by atoms with Crippen LogP contribution in [0.15, 0.2) is 60.7 Å². The van der Waals surface area contributed by atoms with Gasteiger partial charge in [0, 0.05) is 53.5 Å². The van der Waals surface area contributed by atoms with Gasteiger partial charge in [-0.2, -0.15) is 0 Å². The number of benzene rings is 2. The maximum atomic E-state index is 6.65. The van der Waals surface area contributed by atoms with Gasteiger partial charge in [-0.15, -0.1) is 0 Å². The maximum Gasteiger partial charge on any atom is 0.184 e. The SMILES string of the molecule is COC(CN1CCN(CC(O[Si](C)(C)C)C(OC)c2ccccc2)CC1)c1ccccc1. The molecule has 6 heteroatoms. The first-order chi connectivity index (χ1) is 15.4. The number of hydrogen-bond acceptors (Lipinski definition) is 5. The molecule has 1 heterocycles. The minimum atomic E-state index is -1.73. The highest BCUT2D eigenvalue weighted by Gasteiger charge is 2.32. The van der Waals surface area contributed by atoms with E-state index in [1.165, 1.54) is 11.1 Å². The van der Waals surface area contributed by atoms with Crippen molar-refractivity contribution >= 4 is 8.32 Å². The molecule has 5 nitrogen and oxygen atoms in total. The Morgan fingerprint density at radius 1 is 0.719 bits per heavy atom. The van der Waals surface area contributed by atoms with Crippen molar-refractivity contribution in [1.29, 1.82) is 0 Å². The molecule has 0 aliphatic carbocycles. The summed E-state index contributed by atoms with van der Waals surface area (Å²) >= 11 is 0. The lowest BCUT2D eigenvalue weighted by molar-refractivity contribution is -0.0290. The number of ether oxygens (including phenoxy) is 2. The molecule has 2 aromatic rings. The molecular weight excluding hydrogens is 416 g/mol. The van der Waals surface area contributed by atoms with Crippen molar-refractivity contribution in [3.63, 3.8) is 0 Å². The van der Waals surface area contributed by atoms with E-state index < -0.39 is 8.32 Å². The molecule has 3 atom stereocenters. The fraction of sp³-hybridized carbons (Fsp3) is 0.538. The number of rotatable bonds is 11. The molecule has 1 fully saturated rings. The molecule has 0 aromatic heterocycles. The molecular formula is C26H40N2O3Si.